The van der Waals surface area contributed by atoms with Gasteiger partial charge in [0.15, 0.2) is 11.5 Å². The van der Waals surface area contributed by atoms with E-state index in [2.05, 4.69) is 10.5 Å². The second-order valence-electron chi connectivity index (χ2n) is 7.10. The first kappa shape index (κ1) is 21.9. The van der Waals surface area contributed by atoms with Crippen molar-refractivity contribution in [3.8, 4) is 28.5 Å². The number of amides is 1. The standard InChI is InChI=1S/C25H23N3O5/c1-15(21-10-7-11-33-21)27-28-25(29)18-14-20(26-19-9-6-5-8-17(18)19)16-12-22(30-2)24(32-4)23(13-16)31-3/h5-14H,1-4H3,(H,28,29)/b27-15+. The zero-order valence-electron chi connectivity index (χ0n) is 18.7. The molecule has 8 heteroatoms. The molecule has 0 unspecified atom stereocenters. The maximum atomic E-state index is 13.1. The summed E-state index contributed by atoms with van der Waals surface area (Å²) in [5.41, 5.74) is 5.55. The predicted octanol–water partition coefficient (Wildman–Crippen LogP) is 4.67. The Hall–Kier alpha value is -4.33. The van der Waals surface area contributed by atoms with Crippen LogP contribution in [0.25, 0.3) is 22.2 Å². The Morgan fingerprint density at radius 1 is 0.970 bits per heavy atom. The molecular formula is C25H23N3O5. The molecule has 0 radical (unpaired) electrons. The summed E-state index contributed by atoms with van der Waals surface area (Å²) >= 11 is 0. The molecule has 0 fully saturated rings. The Kier molecular flexibility index (Phi) is 6.26. The van der Waals surface area contributed by atoms with Gasteiger partial charge in [-0.25, -0.2) is 10.4 Å². The molecule has 0 aliphatic heterocycles. The van der Waals surface area contributed by atoms with Crippen LogP contribution in [0.2, 0.25) is 0 Å². The van der Waals surface area contributed by atoms with Crippen LogP contribution in [0.4, 0.5) is 0 Å². The number of nitrogens with one attached hydrogen (secondary N) is 1. The lowest BCUT2D eigenvalue weighted by Gasteiger charge is -2.15. The fraction of sp³-hybridized carbons (Fsp3) is 0.160. The van der Waals surface area contributed by atoms with Crippen LogP contribution in [0, 0.1) is 0 Å². The fourth-order valence-corrected chi connectivity index (χ4v) is 3.47. The average molecular weight is 445 g/mol. The number of nitrogens with zero attached hydrogens (tertiary/aromatic N) is 2. The molecule has 0 atom stereocenters. The maximum Gasteiger partial charge on any atom is 0.272 e. The molecule has 4 aromatic rings. The minimum atomic E-state index is -0.367. The van der Waals surface area contributed by atoms with Gasteiger partial charge >= 0.3 is 0 Å². The fourth-order valence-electron chi connectivity index (χ4n) is 3.47. The zero-order valence-corrected chi connectivity index (χ0v) is 18.7. The summed E-state index contributed by atoms with van der Waals surface area (Å²) in [5.74, 6) is 1.67. The molecule has 8 nitrogen and oxygen atoms in total. The molecule has 0 bridgehead atoms. The van der Waals surface area contributed by atoms with Crippen LogP contribution in [0.15, 0.2) is 70.4 Å². The number of pyridine rings is 1. The Labute approximate surface area is 190 Å². The highest BCUT2D eigenvalue weighted by Crippen LogP contribution is 2.41. The van der Waals surface area contributed by atoms with Crippen molar-refractivity contribution in [2.45, 2.75) is 6.92 Å². The van der Waals surface area contributed by atoms with Crippen molar-refractivity contribution < 1.29 is 23.4 Å². The normalized spacial score (nSPS) is 11.3. The van der Waals surface area contributed by atoms with E-state index < -0.39 is 0 Å². The van der Waals surface area contributed by atoms with E-state index in [9.17, 15) is 4.79 Å². The lowest BCUT2D eigenvalue weighted by atomic mass is 10.0. The molecular weight excluding hydrogens is 422 g/mol. The first-order valence-electron chi connectivity index (χ1n) is 10.1. The maximum absolute atomic E-state index is 13.1. The van der Waals surface area contributed by atoms with Gasteiger partial charge in [0.25, 0.3) is 5.91 Å². The van der Waals surface area contributed by atoms with Crippen LogP contribution in [0.1, 0.15) is 23.0 Å². The molecule has 33 heavy (non-hydrogen) atoms. The molecule has 2 aromatic carbocycles. The van der Waals surface area contributed by atoms with Gasteiger partial charge in [0.2, 0.25) is 5.75 Å². The summed E-state index contributed by atoms with van der Waals surface area (Å²) in [5, 5.41) is 4.88. The number of methoxy groups -OCH3 is 3. The largest absolute Gasteiger partial charge is 0.493 e. The van der Waals surface area contributed by atoms with E-state index in [0.29, 0.717) is 56.4 Å². The monoisotopic (exact) mass is 445 g/mol. The van der Waals surface area contributed by atoms with Gasteiger partial charge < -0.3 is 18.6 Å². The van der Waals surface area contributed by atoms with Crippen LogP contribution < -0.4 is 19.6 Å². The topological polar surface area (TPSA) is 95.2 Å². The molecule has 1 N–H and O–H groups in total. The SMILES string of the molecule is COc1cc(-c2cc(C(=O)N/N=C(\C)c3ccco3)c3ccccc3n2)cc(OC)c1OC. The molecule has 0 spiro atoms. The quantitative estimate of drug-likeness (QED) is 0.328. The number of benzene rings is 2. The predicted molar refractivity (Wildman–Crippen MR) is 125 cm³/mol. The molecule has 2 aromatic heterocycles. The number of para-hydroxylation sites is 1. The van der Waals surface area contributed by atoms with Crippen molar-refractivity contribution in [1.29, 1.82) is 0 Å². The summed E-state index contributed by atoms with van der Waals surface area (Å²) in [6, 6.07) is 16.3. The van der Waals surface area contributed by atoms with Crippen molar-refractivity contribution in [2.24, 2.45) is 5.10 Å². The third-order valence-corrected chi connectivity index (χ3v) is 5.12. The first-order chi connectivity index (χ1) is 16.0. The Balaban J connectivity index is 1.79. The summed E-state index contributed by atoms with van der Waals surface area (Å²) in [6.07, 6.45) is 1.55. The highest BCUT2D eigenvalue weighted by Gasteiger charge is 2.18. The minimum absolute atomic E-state index is 0.367. The van der Waals surface area contributed by atoms with Crippen LogP contribution >= 0.6 is 0 Å². The van der Waals surface area contributed by atoms with E-state index in [0.717, 1.165) is 0 Å². The van der Waals surface area contributed by atoms with Gasteiger partial charge in [0, 0.05) is 10.9 Å². The molecule has 4 rings (SSSR count). The first-order valence-corrected chi connectivity index (χ1v) is 10.1. The third kappa shape index (κ3) is 4.36. The molecule has 2 heterocycles. The summed E-state index contributed by atoms with van der Waals surface area (Å²) < 4.78 is 21.7. The van der Waals surface area contributed by atoms with E-state index in [1.807, 2.05) is 24.3 Å². The lowest BCUT2D eigenvalue weighted by molar-refractivity contribution is 0.0956. The van der Waals surface area contributed by atoms with E-state index >= 15 is 0 Å². The second-order valence-corrected chi connectivity index (χ2v) is 7.10. The van der Waals surface area contributed by atoms with Gasteiger partial charge in [0.1, 0.15) is 11.5 Å². The molecule has 168 valence electrons. The second kappa shape index (κ2) is 9.44. The number of hydrazone groups is 1. The smallest absolute Gasteiger partial charge is 0.272 e. The summed E-state index contributed by atoms with van der Waals surface area (Å²) in [4.78, 5) is 17.9. The average Bonchev–Trinajstić information content (AvgIpc) is 3.40. The van der Waals surface area contributed by atoms with Crippen LogP contribution in [-0.2, 0) is 0 Å². The number of ether oxygens (including phenoxy) is 3. The van der Waals surface area contributed by atoms with E-state index in [-0.39, 0.29) is 5.91 Å². The molecule has 0 aliphatic carbocycles. The van der Waals surface area contributed by atoms with Gasteiger partial charge in [-0.15, -0.1) is 0 Å². The van der Waals surface area contributed by atoms with E-state index in [4.69, 9.17) is 23.6 Å². The van der Waals surface area contributed by atoms with Crippen molar-refractivity contribution in [3.63, 3.8) is 0 Å². The van der Waals surface area contributed by atoms with Gasteiger partial charge in [0.05, 0.1) is 44.4 Å². The van der Waals surface area contributed by atoms with Gasteiger partial charge in [-0.2, -0.15) is 5.10 Å². The number of carbonyl (C=O) groups is 1. The molecule has 0 saturated carbocycles. The van der Waals surface area contributed by atoms with Crippen molar-refractivity contribution in [2.75, 3.05) is 21.3 Å². The Morgan fingerprint density at radius 2 is 1.70 bits per heavy atom. The zero-order chi connectivity index (χ0) is 23.4. The van der Waals surface area contributed by atoms with Crippen molar-refractivity contribution in [1.82, 2.24) is 10.4 Å². The number of hydrogen-bond acceptors (Lipinski definition) is 7. The van der Waals surface area contributed by atoms with Crippen molar-refractivity contribution in [3.05, 3.63) is 72.2 Å². The molecule has 0 saturated heterocycles. The van der Waals surface area contributed by atoms with E-state index in [1.165, 1.54) is 0 Å². The highest BCUT2D eigenvalue weighted by atomic mass is 16.5. The Bertz CT molecular complexity index is 1300. The third-order valence-electron chi connectivity index (χ3n) is 5.12. The van der Waals surface area contributed by atoms with Crippen molar-refractivity contribution >= 4 is 22.5 Å². The number of furan rings is 1. The van der Waals surface area contributed by atoms with Crippen LogP contribution in [0.5, 0.6) is 17.2 Å². The van der Waals surface area contributed by atoms with Gasteiger partial charge in [-0.1, -0.05) is 18.2 Å². The van der Waals surface area contributed by atoms with Gasteiger partial charge in [-0.3, -0.25) is 4.79 Å². The molecule has 1 amide bonds. The van der Waals surface area contributed by atoms with Crippen LogP contribution in [-0.4, -0.2) is 37.9 Å². The summed E-state index contributed by atoms with van der Waals surface area (Å²) in [6.45, 7) is 1.76. The molecule has 0 aliphatic rings. The number of carbonyl (C=O) groups excluding carboxylic acids is 1. The number of rotatable bonds is 7. The van der Waals surface area contributed by atoms with E-state index in [1.54, 1.807) is 64.8 Å². The van der Waals surface area contributed by atoms with Gasteiger partial charge in [-0.05, 0) is 43.3 Å². The number of aromatic nitrogens is 1. The number of hydrogen-bond donors (Lipinski definition) is 1. The Morgan fingerprint density at radius 3 is 2.33 bits per heavy atom. The van der Waals surface area contributed by atoms with Crippen LogP contribution in [0.3, 0.4) is 0 Å². The summed E-state index contributed by atoms with van der Waals surface area (Å²) in [7, 11) is 4.64. The minimum Gasteiger partial charge on any atom is -0.493 e. The highest BCUT2D eigenvalue weighted by molar-refractivity contribution is 6.08. The number of fused-ring (bicyclic) bond motifs is 1. The lowest BCUT2D eigenvalue weighted by Crippen LogP contribution is -2.20.